The normalized spacial score (nSPS) is 18.6. The quantitative estimate of drug-likeness (QED) is 0.709. The van der Waals surface area contributed by atoms with Crippen molar-refractivity contribution in [2.75, 3.05) is 6.61 Å². The van der Waals surface area contributed by atoms with E-state index in [1.165, 1.54) is 0 Å². The molecule has 0 amide bonds. The van der Waals surface area contributed by atoms with E-state index in [1.807, 2.05) is 39.8 Å². The molecule has 0 N–H and O–H groups in total. The predicted octanol–water partition coefficient (Wildman–Crippen LogP) is 4.93. The summed E-state index contributed by atoms with van der Waals surface area (Å²) in [4.78, 5) is 0. The summed E-state index contributed by atoms with van der Waals surface area (Å²) >= 11 is 3.55. The summed E-state index contributed by atoms with van der Waals surface area (Å²) in [6.07, 6.45) is 3.10. The smallest absolute Gasteiger partial charge is 0.199 e. The van der Waals surface area contributed by atoms with Gasteiger partial charge in [-0.15, -0.1) is 0 Å². The molecule has 0 bridgehead atoms. The van der Waals surface area contributed by atoms with E-state index in [0.29, 0.717) is 11.5 Å². The van der Waals surface area contributed by atoms with Gasteiger partial charge in [-0.05, 0) is 56.5 Å². The van der Waals surface area contributed by atoms with E-state index >= 15 is 0 Å². The van der Waals surface area contributed by atoms with E-state index in [0.717, 1.165) is 36.1 Å². The molecule has 1 unspecified atom stereocenters. The maximum Gasteiger partial charge on any atom is 0.199 e. The van der Waals surface area contributed by atoms with Crippen LogP contribution in [0.3, 0.4) is 0 Å². The van der Waals surface area contributed by atoms with Gasteiger partial charge in [0.05, 0.1) is 23.3 Å². The second-order valence-electron chi connectivity index (χ2n) is 5.98. The van der Waals surface area contributed by atoms with Gasteiger partial charge in [0, 0.05) is 18.6 Å². The maximum atomic E-state index is 5.96. The topological polar surface area (TPSA) is 36.9 Å². The molecular weight excluding hydrogens is 348 g/mol. The summed E-state index contributed by atoms with van der Waals surface area (Å²) in [5.74, 6) is 2.13. The van der Waals surface area contributed by atoms with Gasteiger partial charge in [0.2, 0.25) is 0 Å². The van der Waals surface area contributed by atoms with Gasteiger partial charge < -0.3 is 18.9 Å². The van der Waals surface area contributed by atoms with Crippen molar-refractivity contribution in [3.63, 3.8) is 0 Å². The van der Waals surface area contributed by atoms with E-state index in [-0.39, 0.29) is 18.5 Å². The summed E-state index contributed by atoms with van der Waals surface area (Å²) < 4.78 is 24.1. The van der Waals surface area contributed by atoms with E-state index in [4.69, 9.17) is 18.9 Å². The standard InChI is InChI=1S/C17H25BrO4/c1-11(2)20-15-9-13(18)14(10-16(15)21-12(3)4)22-17-7-5-6-8-19-17/h9-12,17H,5-8H2,1-4H3. The lowest BCUT2D eigenvalue weighted by molar-refractivity contribution is -0.106. The number of halogens is 1. The van der Waals surface area contributed by atoms with E-state index in [2.05, 4.69) is 15.9 Å². The molecule has 0 radical (unpaired) electrons. The molecule has 1 fully saturated rings. The fourth-order valence-electron chi connectivity index (χ4n) is 2.24. The second-order valence-corrected chi connectivity index (χ2v) is 6.83. The molecule has 1 aliphatic rings. The molecule has 0 aliphatic carbocycles. The van der Waals surface area contributed by atoms with Crippen LogP contribution in [-0.2, 0) is 4.74 Å². The van der Waals surface area contributed by atoms with E-state index < -0.39 is 0 Å². The van der Waals surface area contributed by atoms with Gasteiger partial charge in [0.1, 0.15) is 5.75 Å². The third-order valence-electron chi connectivity index (χ3n) is 3.12. The Kier molecular flexibility index (Phi) is 6.38. The highest BCUT2D eigenvalue weighted by Crippen LogP contribution is 2.40. The average molecular weight is 373 g/mol. The summed E-state index contributed by atoms with van der Waals surface area (Å²) in [7, 11) is 0. The lowest BCUT2D eigenvalue weighted by atomic mass is 10.2. The molecule has 1 aromatic carbocycles. The summed E-state index contributed by atoms with van der Waals surface area (Å²) in [5, 5.41) is 0. The first-order valence-corrected chi connectivity index (χ1v) is 8.70. The third-order valence-corrected chi connectivity index (χ3v) is 3.74. The van der Waals surface area contributed by atoms with Gasteiger partial charge in [0.25, 0.3) is 0 Å². The van der Waals surface area contributed by atoms with Crippen molar-refractivity contribution < 1.29 is 18.9 Å². The van der Waals surface area contributed by atoms with Gasteiger partial charge in [-0.3, -0.25) is 0 Å². The van der Waals surface area contributed by atoms with Crippen LogP contribution in [0.25, 0.3) is 0 Å². The van der Waals surface area contributed by atoms with Crippen LogP contribution in [-0.4, -0.2) is 25.1 Å². The van der Waals surface area contributed by atoms with Crippen LogP contribution in [0.1, 0.15) is 47.0 Å². The van der Waals surface area contributed by atoms with Crippen LogP contribution in [0.2, 0.25) is 0 Å². The number of benzene rings is 1. The van der Waals surface area contributed by atoms with Gasteiger partial charge >= 0.3 is 0 Å². The van der Waals surface area contributed by atoms with E-state index in [1.54, 1.807) is 0 Å². The Morgan fingerprint density at radius 3 is 2.18 bits per heavy atom. The molecule has 0 saturated carbocycles. The van der Waals surface area contributed by atoms with Crippen molar-refractivity contribution in [1.29, 1.82) is 0 Å². The molecule has 22 heavy (non-hydrogen) atoms. The Balaban J connectivity index is 2.21. The molecule has 4 nitrogen and oxygen atoms in total. The van der Waals surface area contributed by atoms with E-state index in [9.17, 15) is 0 Å². The van der Waals surface area contributed by atoms with Crippen molar-refractivity contribution in [1.82, 2.24) is 0 Å². The molecule has 1 heterocycles. The Morgan fingerprint density at radius 1 is 1.00 bits per heavy atom. The van der Waals surface area contributed by atoms with Crippen molar-refractivity contribution >= 4 is 15.9 Å². The lowest BCUT2D eigenvalue weighted by Crippen LogP contribution is -2.25. The second kappa shape index (κ2) is 8.06. The number of ether oxygens (including phenoxy) is 4. The van der Waals surface area contributed by atoms with Crippen molar-refractivity contribution in [3.8, 4) is 17.2 Å². The molecule has 124 valence electrons. The molecule has 0 aromatic heterocycles. The molecular formula is C17H25BrO4. The van der Waals surface area contributed by atoms with Crippen molar-refractivity contribution in [3.05, 3.63) is 16.6 Å². The largest absolute Gasteiger partial charge is 0.487 e. The molecule has 5 heteroatoms. The Morgan fingerprint density at radius 2 is 1.64 bits per heavy atom. The predicted molar refractivity (Wildman–Crippen MR) is 89.9 cm³/mol. The first kappa shape index (κ1) is 17.4. The first-order chi connectivity index (χ1) is 10.5. The number of rotatable bonds is 6. The van der Waals surface area contributed by atoms with Crippen LogP contribution in [0.15, 0.2) is 16.6 Å². The highest BCUT2D eigenvalue weighted by Gasteiger charge is 2.19. The van der Waals surface area contributed by atoms with Crippen LogP contribution >= 0.6 is 15.9 Å². The first-order valence-electron chi connectivity index (χ1n) is 7.91. The third kappa shape index (κ3) is 5.06. The fourth-order valence-corrected chi connectivity index (χ4v) is 2.66. The zero-order valence-electron chi connectivity index (χ0n) is 13.7. The minimum absolute atomic E-state index is 0.0643. The Labute approximate surface area is 141 Å². The van der Waals surface area contributed by atoms with Crippen LogP contribution in [0, 0.1) is 0 Å². The number of hydrogen-bond donors (Lipinski definition) is 0. The zero-order valence-corrected chi connectivity index (χ0v) is 15.3. The minimum atomic E-state index is -0.186. The van der Waals surface area contributed by atoms with Gasteiger partial charge in [0.15, 0.2) is 17.8 Å². The van der Waals surface area contributed by atoms with Gasteiger partial charge in [-0.2, -0.15) is 0 Å². The Hall–Kier alpha value is -0.940. The minimum Gasteiger partial charge on any atom is -0.487 e. The molecule has 1 aromatic rings. The molecule has 0 spiro atoms. The van der Waals surface area contributed by atoms with Crippen molar-refractivity contribution in [2.24, 2.45) is 0 Å². The zero-order chi connectivity index (χ0) is 16.1. The van der Waals surface area contributed by atoms with Gasteiger partial charge in [-0.25, -0.2) is 0 Å². The fraction of sp³-hybridized carbons (Fsp3) is 0.647. The van der Waals surface area contributed by atoms with Crippen LogP contribution in [0.4, 0.5) is 0 Å². The highest BCUT2D eigenvalue weighted by molar-refractivity contribution is 9.10. The van der Waals surface area contributed by atoms with Crippen LogP contribution in [0.5, 0.6) is 17.2 Å². The van der Waals surface area contributed by atoms with Gasteiger partial charge in [-0.1, -0.05) is 0 Å². The summed E-state index contributed by atoms with van der Waals surface area (Å²) in [5.41, 5.74) is 0. The van der Waals surface area contributed by atoms with Crippen molar-refractivity contribution in [2.45, 2.75) is 65.5 Å². The molecule has 1 atom stereocenters. The Bertz CT molecular complexity index is 482. The van der Waals surface area contributed by atoms with Crippen LogP contribution < -0.4 is 14.2 Å². The monoisotopic (exact) mass is 372 g/mol. The SMILES string of the molecule is CC(C)Oc1cc(Br)c(OC2CCCCO2)cc1OC(C)C. The summed E-state index contributed by atoms with van der Waals surface area (Å²) in [6, 6.07) is 3.77. The average Bonchev–Trinajstić information content (AvgIpc) is 2.44. The summed E-state index contributed by atoms with van der Waals surface area (Å²) in [6.45, 7) is 8.73. The molecule has 1 aliphatic heterocycles. The highest BCUT2D eigenvalue weighted by atomic mass is 79.9. The number of hydrogen-bond acceptors (Lipinski definition) is 4. The maximum absolute atomic E-state index is 5.96. The molecule has 2 rings (SSSR count). The lowest BCUT2D eigenvalue weighted by Gasteiger charge is -2.25. The molecule has 1 saturated heterocycles.